The van der Waals surface area contributed by atoms with Gasteiger partial charge in [-0.2, -0.15) is 0 Å². The van der Waals surface area contributed by atoms with Gasteiger partial charge in [0, 0.05) is 46.8 Å². The Bertz CT molecular complexity index is 1190. The number of benzene rings is 2. The summed E-state index contributed by atoms with van der Waals surface area (Å²) in [5.74, 6) is 0.00742. The lowest BCUT2D eigenvalue weighted by atomic mass is 10.1. The van der Waals surface area contributed by atoms with Crippen molar-refractivity contribution in [2.24, 2.45) is 0 Å². The van der Waals surface area contributed by atoms with Crippen LogP contribution in [0.15, 0.2) is 60.2 Å². The maximum Gasteiger partial charge on any atom is 0.251 e. The number of rotatable bonds is 6. The average Bonchev–Trinajstić information content (AvgIpc) is 3.17. The molecule has 182 valence electrons. The van der Waals surface area contributed by atoms with Crippen molar-refractivity contribution < 1.29 is 9.53 Å². The highest BCUT2D eigenvalue weighted by atomic mass is 32.1. The minimum Gasteiger partial charge on any atom is -0.381 e. The number of carbonyl (C=O) groups is 1. The quantitative estimate of drug-likeness (QED) is 0.422. The SMILES string of the molecule is Cc1ccc(-c2cc3c(s2)CCCC(C(=O)Nc2ccc(CN(C)C4CCOCC4)cc2)=C3)cc1. The van der Waals surface area contributed by atoms with E-state index in [2.05, 4.69) is 72.7 Å². The topological polar surface area (TPSA) is 41.6 Å². The van der Waals surface area contributed by atoms with E-state index >= 15 is 0 Å². The highest BCUT2D eigenvalue weighted by Gasteiger charge is 2.19. The Morgan fingerprint density at radius 2 is 1.80 bits per heavy atom. The number of hydrogen-bond acceptors (Lipinski definition) is 4. The summed E-state index contributed by atoms with van der Waals surface area (Å²) in [5, 5.41) is 3.12. The standard InChI is InChI=1S/C30H34N2O2S/c1-21-6-10-23(11-7-21)29-19-25-18-24(4-3-5-28(25)35-29)30(33)31-26-12-8-22(9-13-26)20-32(2)27-14-16-34-17-15-27/h6-13,18-19,27H,3-5,14-17,20H2,1-2H3,(H,31,33). The van der Waals surface area contributed by atoms with Crippen LogP contribution in [0.4, 0.5) is 5.69 Å². The molecular formula is C30H34N2O2S. The summed E-state index contributed by atoms with van der Waals surface area (Å²) >= 11 is 1.85. The molecule has 2 aliphatic rings. The number of thiophene rings is 1. The third-order valence-electron chi connectivity index (χ3n) is 7.11. The molecule has 0 spiro atoms. The normalized spacial score (nSPS) is 16.5. The zero-order chi connectivity index (χ0) is 24.2. The fourth-order valence-corrected chi connectivity index (χ4v) is 6.13. The summed E-state index contributed by atoms with van der Waals surface area (Å²) < 4.78 is 5.48. The Labute approximate surface area is 212 Å². The van der Waals surface area contributed by atoms with E-state index in [-0.39, 0.29) is 5.91 Å². The average molecular weight is 487 g/mol. The van der Waals surface area contributed by atoms with Crippen LogP contribution in [0.3, 0.4) is 0 Å². The smallest absolute Gasteiger partial charge is 0.251 e. The maximum atomic E-state index is 13.1. The lowest BCUT2D eigenvalue weighted by Gasteiger charge is -2.31. The van der Waals surface area contributed by atoms with Crippen LogP contribution in [0, 0.1) is 6.92 Å². The zero-order valence-electron chi connectivity index (χ0n) is 20.7. The lowest BCUT2D eigenvalue weighted by molar-refractivity contribution is -0.112. The summed E-state index contributed by atoms with van der Waals surface area (Å²) in [7, 11) is 2.19. The van der Waals surface area contributed by atoms with Gasteiger partial charge in [-0.25, -0.2) is 0 Å². The second-order valence-electron chi connectivity index (χ2n) is 9.79. The second-order valence-corrected chi connectivity index (χ2v) is 10.9. The summed E-state index contributed by atoms with van der Waals surface area (Å²) in [4.78, 5) is 18.2. The van der Waals surface area contributed by atoms with E-state index in [1.807, 2.05) is 23.5 Å². The third-order valence-corrected chi connectivity index (χ3v) is 8.37. The van der Waals surface area contributed by atoms with E-state index in [9.17, 15) is 4.79 Å². The minimum absolute atomic E-state index is 0.00742. The molecule has 1 aromatic heterocycles. The van der Waals surface area contributed by atoms with Gasteiger partial charge in [0.05, 0.1) is 0 Å². The summed E-state index contributed by atoms with van der Waals surface area (Å²) in [6, 6.07) is 19.8. The first-order chi connectivity index (χ1) is 17.0. The molecule has 0 saturated carbocycles. The highest BCUT2D eigenvalue weighted by molar-refractivity contribution is 7.15. The number of carbonyl (C=O) groups excluding carboxylic acids is 1. The van der Waals surface area contributed by atoms with Crippen molar-refractivity contribution in [3.05, 3.63) is 81.7 Å². The van der Waals surface area contributed by atoms with Gasteiger partial charge in [0.1, 0.15) is 0 Å². The van der Waals surface area contributed by atoms with Gasteiger partial charge >= 0.3 is 0 Å². The molecule has 0 bridgehead atoms. The van der Waals surface area contributed by atoms with Crippen LogP contribution in [0.2, 0.25) is 0 Å². The molecule has 1 aliphatic carbocycles. The molecular weight excluding hydrogens is 452 g/mol. The molecule has 3 aromatic rings. The molecule has 0 atom stereocenters. The van der Waals surface area contributed by atoms with Gasteiger partial charge in [0.25, 0.3) is 5.91 Å². The molecule has 2 aromatic carbocycles. The molecule has 5 rings (SSSR count). The molecule has 2 heterocycles. The fraction of sp³-hybridized carbons (Fsp3) is 0.367. The first-order valence-corrected chi connectivity index (χ1v) is 13.5. The van der Waals surface area contributed by atoms with Gasteiger partial charge in [0.2, 0.25) is 0 Å². The zero-order valence-corrected chi connectivity index (χ0v) is 21.5. The van der Waals surface area contributed by atoms with Crippen LogP contribution in [-0.4, -0.2) is 37.1 Å². The van der Waals surface area contributed by atoms with Crippen LogP contribution < -0.4 is 5.32 Å². The van der Waals surface area contributed by atoms with Gasteiger partial charge in [0.15, 0.2) is 0 Å². The molecule has 4 nitrogen and oxygen atoms in total. The number of nitrogens with zero attached hydrogens (tertiary/aromatic N) is 1. The first kappa shape index (κ1) is 24.0. The van der Waals surface area contributed by atoms with Gasteiger partial charge < -0.3 is 10.1 Å². The number of nitrogens with one attached hydrogen (secondary N) is 1. The predicted molar refractivity (Wildman–Crippen MR) is 146 cm³/mol. The molecule has 1 N–H and O–H groups in total. The van der Waals surface area contributed by atoms with E-state index in [0.29, 0.717) is 6.04 Å². The van der Waals surface area contributed by atoms with E-state index in [0.717, 1.165) is 63.1 Å². The van der Waals surface area contributed by atoms with Gasteiger partial charge in [-0.1, -0.05) is 42.0 Å². The number of fused-ring (bicyclic) bond motifs is 1. The maximum absolute atomic E-state index is 13.1. The third kappa shape index (κ3) is 5.92. The Morgan fingerprint density at radius 3 is 2.54 bits per heavy atom. The van der Waals surface area contributed by atoms with E-state index < -0.39 is 0 Å². The highest BCUT2D eigenvalue weighted by Crippen LogP contribution is 2.36. The molecule has 1 aliphatic heterocycles. The van der Waals surface area contributed by atoms with E-state index in [1.165, 1.54) is 32.0 Å². The molecule has 0 unspecified atom stereocenters. The van der Waals surface area contributed by atoms with Crippen molar-refractivity contribution in [2.75, 3.05) is 25.6 Å². The monoisotopic (exact) mass is 486 g/mol. The molecule has 1 saturated heterocycles. The van der Waals surface area contributed by atoms with Crippen LogP contribution >= 0.6 is 11.3 Å². The summed E-state index contributed by atoms with van der Waals surface area (Å²) in [6.45, 7) is 4.74. The van der Waals surface area contributed by atoms with Gasteiger partial charge in [-0.05, 0) is 87.0 Å². The van der Waals surface area contributed by atoms with E-state index in [4.69, 9.17) is 4.74 Å². The Hall–Kier alpha value is -2.73. The lowest BCUT2D eigenvalue weighted by Crippen LogP contribution is -2.36. The van der Waals surface area contributed by atoms with Crippen molar-refractivity contribution in [2.45, 2.75) is 51.6 Å². The van der Waals surface area contributed by atoms with Crippen molar-refractivity contribution in [1.82, 2.24) is 4.90 Å². The van der Waals surface area contributed by atoms with Crippen molar-refractivity contribution >= 4 is 29.0 Å². The van der Waals surface area contributed by atoms with Crippen molar-refractivity contribution in [3.63, 3.8) is 0 Å². The van der Waals surface area contributed by atoms with Crippen molar-refractivity contribution in [3.8, 4) is 10.4 Å². The summed E-state index contributed by atoms with van der Waals surface area (Å²) in [5.41, 5.74) is 6.68. The Balaban J connectivity index is 1.24. The van der Waals surface area contributed by atoms with E-state index in [1.54, 1.807) is 0 Å². The second kappa shape index (κ2) is 10.9. The van der Waals surface area contributed by atoms with Crippen LogP contribution in [0.25, 0.3) is 16.5 Å². The summed E-state index contributed by atoms with van der Waals surface area (Å²) in [6.07, 6.45) is 7.12. The number of anilines is 1. The van der Waals surface area contributed by atoms with Gasteiger partial charge in [-0.3, -0.25) is 9.69 Å². The van der Waals surface area contributed by atoms with Crippen molar-refractivity contribution in [1.29, 1.82) is 0 Å². The van der Waals surface area contributed by atoms with Gasteiger partial charge in [-0.15, -0.1) is 11.3 Å². The number of amides is 1. The van der Waals surface area contributed by atoms with Crippen LogP contribution in [-0.2, 0) is 22.5 Å². The Morgan fingerprint density at radius 1 is 1.06 bits per heavy atom. The molecule has 1 fully saturated rings. The predicted octanol–water partition coefficient (Wildman–Crippen LogP) is 6.69. The first-order valence-electron chi connectivity index (χ1n) is 12.6. The van der Waals surface area contributed by atoms with Crippen LogP contribution in [0.5, 0.6) is 0 Å². The Kier molecular flexibility index (Phi) is 7.47. The number of ether oxygens (including phenoxy) is 1. The van der Waals surface area contributed by atoms with Crippen LogP contribution in [0.1, 0.15) is 47.3 Å². The number of hydrogen-bond donors (Lipinski definition) is 1. The molecule has 5 heteroatoms. The largest absolute Gasteiger partial charge is 0.381 e. The fourth-order valence-electron chi connectivity index (χ4n) is 4.95. The molecule has 0 radical (unpaired) electrons. The minimum atomic E-state index is 0.00742. The molecule has 35 heavy (non-hydrogen) atoms. The number of aryl methyl sites for hydroxylation is 2. The molecule has 1 amide bonds.